The highest BCUT2D eigenvalue weighted by Gasteiger charge is 1.44. The Morgan fingerprint density at radius 1 is 1.60 bits per heavy atom. The van der Waals surface area contributed by atoms with Crippen molar-refractivity contribution in [3.05, 3.63) is 23.7 Å². The third-order valence-corrected chi connectivity index (χ3v) is 0.489. The summed E-state index contributed by atoms with van der Waals surface area (Å²) in [5.74, 6) is 0. The average Bonchev–Trinajstić information content (AvgIpc) is 1.41. The zero-order valence-corrected chi connectivity index (χ0v) is 4.27. The van der Waals surface area contributed by atoms with Gasteiger partial charge in [0.1, 0.15) is 0 Å². The van der Waals surface area contributed by atoms with E-state index in [-0.39, 0.29) is 0 Å². The highest BCUT2D eigenvalue weighted by atomic mass is 79.9. The molecule has 0 saturated carbocycles. The van der Waals surface area contributed by atoms with Crippen molar-refractivity contribution in [2.75, 3.05) is 0 Å². The Morgan fingerprint density at radius 3 is 2.20 bits per heavy atom. The maximum atomic E-state index is 4.90. The van der Waals surface area contributed by atoms with E-state index in [0.717, 1.165) is 0 Å². The Kier molecular flexibility index (Phi) is 3.93. The van der Waals surface area contributed by atoms with E-state index in [2.05, 4.69) is 15.9 Å². The lowest BCUT2D eigenvalue weighted by atomic mass is 10.6. The van der Waals surface area contributed by atoms with Crippen LogP contribution in [-0.2, 0) is 0 Å². The van der Waals surface area contributed by atoms with Gasteiger partial charge >= 0.3 is 0 Å². The van der Waals surface area contributed by atoms with Crippen molar-refractivity contribution in [2.24, 2.45) is 0 Å². The zero-order chi connectivity index (χ0) is 4.12. The molecule has 27 valence electrons. The second-order valence-corrected chi connectivity index (χ2v) is 1.04. The number of rotatable bonds is 1. The van der Waals surface area contributed by atoms with E-state index in [1.165, 1.54) is 6.08 Å². The predicted octanol–water partition coefficient (Wildman–Crippen LogP) is 1.88. The zero-order valence-electron chi connectivity index (χ0n) is 2.69. The lowest BCUT2D eigenvalue weighted by molar-refractivity contribution is 2.10. The fraction of sp³-hybridized carbons (Fsp3) is 0. The molecule has 0 aromatic heterocycles. The molecule has 1 radical (unpaired) electrons. The Balaban J connectivity index is 2.92. The van der Waals surface area contributed by atoms with E-state index >= 15 is 0 Å². The van der Waals surface area contributed by atoms with Crippen LogP contribution in [0.2, 0.25) is 0 Å². The number of halogens is 1. The second kappa shape index (κ2) is 3.96. The van der Waals surface area contributed by atoms with E-state index in [4.69, 9.17) is 6.58 Å². The van der Waals surface area contributed by atoms with Crippen LogP contribution in [0.4, 0.5) is 0 Å². The quantitative estimate of drug-likeness (QED) is 0.478. The van der Waals surface area contributed by atoms with Crippen molar-refractivity contribution in [3.63, 3.8) is 0 Å². The third kappa shape index (κ3) is 3.96. The van der Waals surface area contributed by atoms with E-state index in [0.29, 0.717) is 0 Å². The Bertz CT molecular complexity index is 45.6. The Hall–Kier alpha value is -0.0400. The van der Waals surface area contributed by atoms with Crippen molar-refractivity contribution in [3.8, 4) is 0 Å². The molecule has 0 aliphatic carbocycles. The third-order valence-electron chi connectivity index (χ3n) is 0.184. The van der Waals surface area contributed by atoms with Crippen molar-refractivity contribution in [2.45, 2.75) is 0 Å². The molecule has 0 bridgehead atoms. The van der Waals surface area contributed by atoms with Gasteiger partial charge in [-0.25, -0.2) is 0 Å². The van der Waals surface area contributed by atoms with Gasteiger partial charge in [0.25, 0.3) is 0 Å². The van der Waals surface area contributed by atoms with Gasteiger partial charge < -0.3 is 0 Å². The second-order valence-electron chi connectivity index (χ2n) is 0.511. The van der Waals surface area contributed by atoms with Gasteiger partial charge in [-0.1, -0.05) is 34.7 Å². The van der Waals surface area contributed by atoms with Crippen LogP contribution in [0.1, 0.15) is 0 Å². The van der Waals surface area contributed by atoms with Gasteiger partial charge in [-0.3, -0.25) is 0 Å². The Labute approximate surface area is 40.3 Å². The predicted molar refractivity (Wildman–Crippen MR) is 26.9 cm³/mol. The summed E-state index contributed by atoms with van der Waals surface area (Å²) < 4.78 is 0. The summed E-state index contributed by atoms with van der Waals surface area (Å²) in [6.45, 7) is 4.90. The molecule has 0 nitrogen and oxygen atoms in total. The minimum Gasteiger partial charge on any atom is -0.0623 e. The van der Waals surface area contributed by atoms with Crippen LogP contribution in [0.5, 0.6) is 0 Å². The molecule has 0 aromatic rings. The minimum absolute atomic E-state index is 1.45. The van der Waals surface area contributed by atoms with Crippen LogP contribution in [0.15, 0.2) is 17.1 Å². The summed E-state index contributed by atoms with van der Waals surface area (Å²) in [6.07, 6.45) is 3.15. The largest absolute Gasteiger partial charge is 0.0623 e. The van der Waals surface area contributed by atoms with E-state index in [1.54, 1.807) is 11.1 Å². The van der Waals surface area contributed by atoms with Crippen molar-refractivity contribution < 1.29 is 0 Å². The van der Waals surface area contributed by atoms with Gasteiger partial charge in [0.2, 0.25) is 0 Å². The maximum Gasteiger partial charge on any atom is -0.0189 e. The topological polar surface area (TPSA) is 0 Å². The number of allylic oxidation sites excluding steroid dienone is 2. The molecule has 0 spiro atoms. The molecule has 1 heteroatoms. The van der Waals surface area contributed by atoms with E-state index in [9.17, 15) is 0 Å². The maximum absolute atomic E-state index is 4.90. The molecular formula is C4H4Br. The van der Waals surface area contributed by atoms with Crippen LogP contribution in [0.3, 0.4) is 0 Å². The van der Waals surface area contributed by atoms with Crippen LogP contribution in [-0.4, -0.2) is 0 Å². The first-order valence-electron chi connectivity index (χ1n) is 1.22. The van der Waals surface area contributed by atoms with Gasteiger partial charge in [-0.15, -0.1) is 0 Å². The smallest absolute Gasteiger partial charge is 0.0189 e. The van der Waals surface area contributed by atoms with E-state index < -0.39 is 0 Å². The summed E-state index contributed by atoms with van der Waals surface area (Å²) in [5.41, 5.74) is 0. The molecule has 5 heavy (non-hydrogen) atoms. The minimum atomic E-state index is 1.45. The van der Waals surface area contributed by atoms with E-state index in [1.807, 2.05) is 0 Å². The first-order valence-corrected chi connectivity index (χ1v) is 2.13. The lowest BCUT2D eigenvalue weighted by Crippen LogP contribution is -1.29. The summed E-state index contributed by atoms with van der Waals surface area (Å²) in [5, 5.41) is 0. The SMILES string of the molecule is [CH]=CC=CBr. The molecule has 0 N–H and O–H groups in total. The van der Waals surface area contributed by atoms with Gasteiger partial charge in [-0.2, -0.15) is 0 Å². The lowest BCUT2D eigenvalue weighted by Gasteiger charge is -1.53. The molecule has 0 aromatic carbocycles. The first-order chi connectivity index (χ1) is 2.41. The first kappa shape index (κ1) is 4.96. The van der Waals surface area contributed by atoms with Crippen molar-refractivity contribution >= 4 is 15.9 Å². The molecule has 0 fully saturated rings. The van der Waals surface area contributed by atoms with Crippen LogP contribution < -0.4 is 0 Å². The molecular weight excluding hydrogens is 128 g/mol. The highest BCUT2D eigenvalue weighted by molar-refractivity contribution is 9.11. The van der Waals surface area contributed by atoms with Crippen LogP contribution in [0.25, 0.3) is 0 Å². The summed E-state index contributed by atoms with van der Waals surface area (Å²) in [4.78, 5) is 1.69. The van der Waals surface area contributed by atoms with Crippen LogP contribution in [0, 0.1) is 6.58 Å². The van der Waals surface area contributed by atoms with Gasteiger partial charge in [0.05, 0.1) is 0 Å². The normalized spacial score (nSPS) is 9.00. The molecule has 0 atom stereocenters. The molecule has 0 aliphatic rings. The monoisotopic (exact) mass is 131 g/mol. The molecule has 0 heterocycles. The average molecular weight is 132 g/mol. The van der Waals surface area contributed by atoms with Gasteiger partial charge in [-0.05, 0) is 4.99 Å². The number of hydrogen-bond donors (Lipinski definition) is 0. The molecule has 0 amide bonds. The Morgan fingerprint density at radius 2 is 2.20 bits per heavy atom. The number of hydrogen-bond acceptors (Lipinski definition) is 0. The summed E-state index contributed by atoms with van der Waals surface area (Å²) in [6, 6.07) is 0. The molecule has 0 saturated heterocycles. The van der Waals surface area contributed by atoms with Gasteiger partial charge in [0.15, 0.2) is 0 Å². The van der Waals surface area contributed by atoms with Crippen LogP contribution >= 0.6 is 15.9 Å². The van der Waals surface area contributed by atoms with Crippen molar-refractivity contribution in [1.29, 1.82) is 0 Å². The highest BCUT2D eigenvalue weighted by Crippen LogP contribution is 1.79. The van der Waals surface area contributed by atoms with Crippen molar-refractivity contribution in [1.82, 2.24) is 0 Å². The summed E-state index contributed by atoms with van der Waals surface area (Å²) in [7, 11) is 0. The summed E-state index contributed by atoms with van der Waals surface area (Å²) >= 11 is 3.02. The fourth-order valence-electron chi connectivity index (χ4n) is 0.0420. The standard InChI is InChI=1S/C4H4Br/c1-2-3-4-5/h1-4H. The van der Waals surface area contributed by atoms with Gasteiger partial charge in [0, 0.05) is 0 Å². The molecule has 0 unspecified atom stereocenters. The fourth-order valence-corrected chi connectivity index (χ4v) is 0.218. The molecule has 0 aliphatic heterocycles. The molecule has 0 rings (SSSR count).